The highest BCUT2D eigenvalue weighted by Crippen LogP contribution is 2.29. The second-order valence-corrected chi connectivity index (χ2v) is 4.30. The molecule has 9 heteroatoms. The van der Waals surface area contributed by atoms with E-state index in [0.29, 0.717) is 27.0 Å². The summed E-state index contributed by atoms with van der Waals surface area (Å²) in [5, 5.41) is 1.28. The van der Waals surface area contributed by atoms with Gasteiger partial charge in [-0.15, -0.1) is 0 Å². The Morgan fingerprint density at radius 2 is 1.87 bits per heavy atom. The third kappa shape index (κ3) is 2.46. The molecule has 2 aromatic rings. The zero-order valence-electron chi connectivity index (χ0n) is 7.22. The van der Waals surface area contributed by atoms with Crippen LogP contribution in [0, 0.1) is 0 Å². The number of hydrogen-bond donors (Lipinski definition) is 2. The SMILES string of the molecule is Nc1cc(N)nc(Sc2nsnc2Cl)n1. The molecule has 0 spiro atoms. The smallest absolute Gasteiger partial charge is 0.197 e. The highest BCUT2D eigenvalue weighted by atomic mass is 35.5. The minimum Gasteiger partial charge on any atom is -0.383 e. The van der Waals surface area contributed by atoms with Gasteiger partial charge in [-0.25, -0.2) is 9.97 Å². The fraction of sp³-hybridized carbons (Fsp3) is 0. The van der Waals surface area contributed by atoms with E-state index in [0.717, 1.165) is 11.7 Å². The summed E-state index contributed by atoms with van der Waals surface area (Å²) in [7, 11) is 0. The van der Waals surface area contributed by atoms with E-state index in [9.17, 15) is 0 Å². The molecule has 2 rings (SSSR count). The number of rotatable bonds is 2. The Kier molecular flexibility index (Phi) is 2.89. The van der Waals surface area contributed by atoms with Gasteiger partial charge in [0.25, 0.3) is 0 Å². The maximum Gasteiger partial charge on any atom is 0.197 e. The van der Waals surface area contributed by atoms with Crippen molar-refractivity contribution in [1.82, 2.24) is 18.7 Å². The number of nitrogens with zero attached hydrogens (tertiary/aromatic N) is 4. The first-order chi connectivity index (χ1) is 7.15. The first-order valence-electron chi connectivity index (χ1n) is 3.71. The highest BCUT2D eigenvalue weighted by molar-refractivity contribution is 7.99. The maximum absolute atomic E-state index is 5.77. The first-order valence-corrected chi connectivity index (χ1v) is 5.63. The van der Waals surface area contributed by atoms with E-state index >= 15 is 0 Å². The van der Waals surface area contributed by atoms with Crippen molar-refractivity contribution < 1.29 is 0 Å². The second-order valence-electron chi connectivity index (χ2n) is 2.46. The van der Waals surface area contributed by atoms with Gasteiger partial charge in [0.2, 0.25) is 0 Å². The van der Waals surface area contributed by atoms with Gasteiger partial charge < -0.3 is 11.5 Å². The fourth-order valence-corrected chi connectivity index (χ4v) is 2.40. The van der Waals surface area contributed by atoms with E-state index < -0.39 is 0 Å². The van der Waals surface area contributed by atoms with Crippen molar-refractivity contribution in [3.63, 3.8) is 0 Å². The molecule has 0 aliphatic rings. The Hall–Kier alpha value is -1.12. The monoisotopic (exact) mass is 260 g/mol. The molecule has 0 atom stereocenters. The van der Waals surface area contributed by atoms with E-state index in [2.05, 4.69) is 18.7 Å². The summed E-state index contributed by atoms with van der Waals surface area (Å²) in [5.74, 6) is 0.619. The van der Waals surface area contributed by atoms with Gasteiger partial charge in [0.05, 0.1) is 11.7 Å². The highest BCUT2D eigenvalue weighted by Gasteiger charge is 2.10. The van der Waals surface area contributed by atoms with E-state index in [4.69, 9.17) is 23.1 Å². The number of aromatic nitrogens is 4. The normalized spacial score (nSPS) is 10.5. The van der Waals surface area contributed by atoms with Crippen LogP contribution in [0.3, 0.4) is 0 Å². The van der Waals surface area contributed by atoms with Crippen LogP contribution in [0.2, 0.25) is 5.15 Å². The topological polar surface area (TPSA) is 104 Å². The van der Waals surface area contributed by atoms with Gasteiger partial charge in [-0.2, -0.15) is 8.75 Å². The molecule has 0 fully saturated rings. The van der Waals surface area contributed by atoms with Gasteiger partial charge in [-0.3, -0.25) is 0 Å². The molecule has 0 unspecified atom stereocenters. The molecule has 4 N–H and O–H groups in total. The van der Waals surface area contributed by atoms with E-state index in [-0.39, 0.29) is 0 Å². The van der Waals surface area contributed by atoms with Gasteiger partial charge in [0.15, 0.2) is 15.3 Å². The summed E-state index contributed by atoms with van der Waals surface area (Å²) in [6, 6.07) is 1.48. The molecule has 0 aromatic carbocycles. The molecule has 0 amide bonds. The van der Waals surface area contributed by atoms with Gasteiger partial charge in [0, 0.05) is 6.07 Å². The lowest BCUT2D eigenvalue weighted by Crippen LogP contribution is -1.98. The van der Waals surface area contributed by atoms with Crippen LogP contribution < -0.4 is 11.5 Å². The number of hydrogen-bond acceptors (Lipinski definition) is 8. The zero-order chi connectivity index (χ0) is 10.8. The molecular formula is C6H5ClN6S2. The van der Waals surface area contributed by atoms with Gasteiger partial charge in [-0.05, 0) is 11.8 Å². The first kappa shape index (κ1) is 10.4. The van der Waals surface area contributed by atoms with Gasteiger partial charge in [0.1, 0.15) is 11.6 Å². The molecule has 6 nitrogen and oxygen atoms in total. The molecule has 2 heterocycles. The summed E-state index contributed by atoms with van der Waals surface area (Å²) in [4.78, 5) is 7.96. The van der Waals surface area contributed by atoms with Crippen LogP contribution in [0.15, 0.2) is 16.2 Å². The van der Waals surface area contributed by atoms with Gasteiger partial charge >= 0.3 is 0 Å². The van der Waals surface area contributed by atoms with Crippen molar-refractivity contribution in [3.05, 3.63) is 11.2 Å². The van der Waals surface area contributed by atoms with Crippen LogP contribution >= 0.6 is 35.1 Å². The Labute approximate surface area is 98.4 Å². The number of nitrogens with two attached hydrogens (primary N) is 2. The molecule has 0 saturated carbocycles. The lowest BCUT2D eigenvalue weighted by atomic mass is 10.5. The number of halogens is 1. The summed E-state index contributed by atoms with van der Waals surface area (Å²) in [5.41, 5.74) is 11.0. The maximum atomic E-state index is 5.77. The van der Waals surface area contributed by atoms with Crippen molar-refractivity contribution in [2.45, 2.75) is 10.2 Å². The van der Waals surface area contributed by atoms with E-state index in [1.54, 1.807) is 0 Å². The molecule has 0 saturated heterocycles. The van der Waals surface area contributed by atoms with Crippen molar-refractivity contribution in [3.8, 4) is 0 Å². The standard InChI is InChI=1S/C6H5ClN6S2/c7-4-5(13-15-12-4)14-6-10-2(8)1-3(9)11-6/h1H,(H4,8,9,10,11). The lowest BCUT2D eigenvalue weighted by Gasteiger charge is -1.99. The van der Waals surface area contributed by atoms with Crippen LogP contribution in [-0.2, 0) is 0 Å². The third-order valence-corrected chi connectivity index (χ3v) is 3.32. The Morgan fingerprint density at radius 1 is 1.20 bits per heavy atom. The largest absolute Gasteiger partial charge is 0.383 e. The Morgan fingerprint density at radius 3 is 2.40 bits per heavy atom. The minimum absolute atomic E-state index is 0.310. The minimum atomic E-state index is 0.310. The van der Waals surface area contributed by atoms with Crippen molar-refractivity contribution >= 4 is 46.7 Å². The molecule has 15 heavy (non-hydrogen) atoms. The molecule has 0 aliphatic carbocycles. The number of nitrogen functional groups attached to an aromatic ring is 2. The van der Waals surface area contributed by atoms with Crippen molar-refractivity contribution in [2.75, 3.05) is 11.5 Å². The van der Waals surface area contributed by atoms with Crippen LogP contribution in [0.4, 0.5) is 11.6 Å². The average molecular weight is 261 g/mol. The average Bonchev–Trinajstić information content (AvgIpc) is 2.50. The predicted octanol–water partition coefficient (Wildman–Crippen LogP) is 1.30. The summed E-state index contributed by atoms with van der Waals surface area (Å²) >= 11 is 7.96. The molecule has 78 valence electrons. The molecule has 0 aliphatic heterocycles. The van der Waals surface area contributed by atoms with Crippen LogP contribution in [0.1, 0.15) is 0 Å². The second kappa shape index (κ2) is 4.17. The van der Waals surface area contributed by atoms with Gasteiger partial charge in [-0.1, -0.05) is 11.6 Å². The Bertz CT molecular complexity index is 466. The predicted molar refractivity (Wildman–Crippen MR) is 59.9 cm³/mol. The summed E-state index contributed by atoms with van der Waals surface area (Å²) < 4.78 is 7.79. The van der Waals surface area contributed by atoms with E-state index in [1.807, 2.05) is 0 Å². The third-order valence-electron chi connectivity index (χ3n) is 1.35. The molecule has 0 radical (unpaired) electrons. The summed E-state index contributed by atoms with van der Waals surface area (Å²) in [6.45, 7) is 0. The van der Waals surface area contributed by atoms with Crippen molar-refractivity contribution in [2.24, 2.45) is 0 Å². The molecule has 2 aromatic heterocycles. The molecular weight excluding hydrogens is 256 g/mol. The van der Waals surface area contributed by atoms with Crippen molar-refractivity contribution in [1.29, 1.82) is 0 Å². The van der Waals surface area contributed by atoms with Crippen LogP contribution in [0.25, 0.3) is 0 Å². The van der Waals surface area contributed by atoms with Crippen LogP contribution in [0.5, 0.6) is 0 Å². The van der Waals surface area contributed by atoms with E-state index in [1.165, 1.54) is 17.8 Å². The van der Waals surface area contributed by atoms with Crippen LogP contribution in [-0.4, -0.2) is 18.7 Å². The lowest BCUT2D eigenvalue weighted by molar-refractivity contribution is 0.981. The quantitative estimate of drug-likeness (QED) is 0.784. The zero-order valence-corrected chi connectivity index (χ0v) is 9.60. The fourth-order valence-electron chi connectivity index (χ4n) is 0.825. The Balaban J connectivity index is 2.28. The molecule has 0 bridgehead atoms. The number of anilines is 2. The summed E-state index contributed by atoms with van der Waals surface area (Å²) in [6.07, 6.45) is 0.